The van der Waals surface area contributed by atoms with E-state index in [2.05, 4.69) is 19.1 Å². The van der Waals surface area contributed by atoms with Crippen LogP contribution in [0.5, 0.6) is 11.5 Å². The summed E-state index contributed by atoms with van der Waals surface area (Å²) in [6.45, 7) is 3.38. The van der Waals surface area contributed by atoms with Gasteiger partial charge in [-0.05, 0) is 48.6 Å². The first kappa shape index (κ1) is 18.1. The molecule has 0 saturated carbocycles. The summed E-state index contributed by atoms with van der Waals surface area (Å²) in [7, 11) is 1.65. The molecule has 4 heteroatoms. The lowest BCUT2D eigenvalue weighted by Gasteiger charge is -2.16. The molecule has 4 nitrogen and oxygen atoms in total. The summed E-state index contributed by atoms with van der Waals surface area (Å²) in [6, 6.07) is 14.2. The van der Waals surface area contributed by atoms with Crippen molar-refractivity contribution >= 4 is 12.5 Å². The third-order valence-electron chi connectivity index (χ3n) is 4.76. The van der Waals surface area contributed by atoms with E-state index < -0.39 is 0 Å². The lowest BCUT2D eigenvalue weighted by Crippen LogP contribution is -2.25. The molecule has 2 aromatic rings. The number of rotatable bonds is 7. The average molecular weight is 351 g/mol. The number of benzene rings is 2. The van der Waals surface area contributed by atoms with Gasteiger partial charge in [0.2, 0.25) is 6.41 Å². The molecular formula is C22H25NO3. The topological polar surface area (TPSA) is 38.8 Å². The molecule has 136 valence electrons. The molecule has 0 aromatic heterocycles. The Morgan fingerprint density at radius 3 is 2.73 bits per heavy atom. The maximum absolute atomic E-state index is 11.1. The molecule has 0 aliphatic carbocycles. The van der Waals surface area contributed by atoms with Crippen LogP contribution in [0.4, 0.5) is 0 Å². The fraction of sp³-hybridized carbons (Fsp3) is 0.318. The van der Waals surface area contributed by atoms with Crippen LogP contribution >= 0.6 is 0 Å². The SMILES string of the molecule is COc1cc(C)c(/C=C\C2CCCN2C=O)cc1OCc1ccccc1. The Bertz CT molecular complexity index is 770. The molecule has 0 bridgehead atoms. The Kier molecular flexibility index (Phi) is 5.95. The first-order valence-corrected chi connectivity index (χ1v) is 8.96. The normalized spacial score (nSPS) is 16.8. The standard InChI is InChI=1S/C22H25NO3/c1-17-13-21(25-2)22(26-15-18-7-4-3-5-8-18)14-19(17)10-11-20-9-6-12-23(20)16-24/h3-5,7-8,10-11,13-14,16,20H,6,9,12,15H2,1-2H3/b11-10-. The summed E-state index contributed by atoms with van der Waals surface area (Å²) < 4.78 is 11.5. The highest BCUT2D eigenvalue weighted by Crippen LogP contribution is 2.32. The second kappa shape index (κ2) is 8.56. The predicted octanol–water partition coefficient (Wildman–Crippen LogP) is 4.22. The van der Waals surface area contributed by atoms with E-state index in [4.69, 9.17) is 9.47 Å². The second-order valence-corrected chi connectivity index (χ2v) is 6.55. The van der Waals surface area contributed by atoms with Crippen molar-refractivity contribution in [2.45, 2.75) is 32.4 Å². The van der Waals surface area contributed by atoms with Gasteiger partial charge in [-0.25, -0.2) is 0 Å². The minimum atomic E-state index is 0.183. The number of hydrogen-bond acceptors (Lipinski definition) is 3. The van der Waals surface area contributed by atoms with Crippen LogP contribution in [0.2, 0.25) is 0 Å². The molecule has 1 aliphatic rings. The fourth-order valence-electron chi connectivity index (χ4n) is 3.23. The van der Waals surface area contributed by atoms with Gasteiger partial charge < -0.3 is 14.4 Å². The van der Waals surface area contributed by atoms with E-state index in [0.717, 1.165) is 54.0 Å². The largest absolute Gasteiger partial charge is 0.493 e. The van der Waals surface area contributed by atoms with E-state index in [9.17, 15) is 4.79 Å². The number of aryl methyl sites for hydroxylation is 1. The summed E-state index contributed by atoms with van der Waals surface area (Å²) in [5.41, 5.74) is 3.30. The van der Waals surface area contributed by atoms with Crippen molar-refractivity contribution in [1.82, 2.24) is 4.90 Å². The average Bonchev–Trinajstić information content (AvgIpc) is 3.14. The Morgan fingerprint density at radius 1 is 1.19 bits per heavy atom. The molecule has 1 amide bonds. The number of ether oxygens (including phenoxy) is 2. The zero-order chi connectivity index (χ0) is 18.4. The Labute approximate surface area is 155 Å². The summed E-state index contributed by atoms with van der Waals surface area (Å²) in [5, 5.41) is 0. The number of amides is 1. The number of nitrogens with zero attached hydrogens (tertiary/aromatic N) is 1. The van der Waals surface area contributed by atoms with E-state index in [-0.39, 0.29) is 6.04 Å². The van der Waals surface area contributed by atoms with Crippen LogP contribution in [0.1, 0.15) is 29.5 Å². The Morgan fingerprint density at radius 2 is 2.00 bits per heavy atom. The van der Waals surface area contributed by atoms with Crippen molar-refractivity contribution in [2.75, 3.05) is 13.7 Å². The predicted molar refractivity (Wildman–Crippen MR) is 103 cm³/mol. The van der Waals surface area contributed by atoms with Crippen molar-refractivity contribution in [3.63, 3.8) is 0 Å². The number of hydrogen-bond donors (Lipinski definition) is 0. The molecule has 26 heavy (non-hydrogen) atoms. The van der Waals surface area contributed by atoms with Gasteiger partial charge in [0, 0.05) is 6.54 Å². The molecule has 1 unspecified atom stereocenters. The van der Waals surface area contributed by atoms with Gasteiger partial charge in [-0.2, -0.15) is 0 Å². The molecule has 1 aliphatic heterocycles. The first-order valence-electron chi connectivity index (χ1n) is 8.96. The maximum Gasteiger partial charge on any atom is 0.210 e. The lowest BCUT2D eigenvalue weighted by atomic mass is 10.1. The molecule has 0 radical (unpaired) electrons. The maximum atomic E-state index is 11.1. The van der Waals surface area contributed by atoms with Gasteiger partial charge in [0.1, 0.15) is 6.61 Å². The van der Waals surface area contributed by atoms with E-state index in [1.54, 1.807) is 7.11 Å². The Hall–Kier alpha value is -2.75. The van der Waals surface area contributed by atoms with E-state index in [1.807, 2.05) is 47.4 Å². The number of methoxy groups -OCH3 is 1. The van der Waals surface area contributed by atoms with Crippen LogP contribution in [0, 0.1) is 6.92 Å². The van der Waals surface area contributed by atoms with Gasteiger partial charge >= 0.3 is 0 Å². The van der Waals surface area contributed by atoms with Gasteiger partial charge in [-0.1, -0.05) is 42.5 Å². The van der Waals surface area contributed by atoms with E-state index in [0.29, 0.717) is 6.61 Å². The molecular weight excluding hydrogens is 326 g/mol. The van der Waals surface area contributed by atoms with Gasteiger partial charge in [-0.3, -0.25) is 4.79 Å². The van der Waals surface area contributed by atoms with Gasteiger partial charge in [-0.15, -0.1) is 0 Å². The molecule has 0 spiro atoms. The van der Waals surface area contributed by atoms with Gasteiger partial charge in [0.15, 0.2) is 11.5 Å². The van der Waals surface area contributed by atoms with Crippen molar-refractivity contribution in [1.29, 1.82) is 0 Å². The van der Waals surface area contributed by atoms with Crippen molar-refractivity contribution in [2.24, 2.45) is 0 Å². The minimum Gasteiger partial charge on any atom is -0.493 e. The highest BCUT2D eigenvalue weighted by Gasteiger charge is 2.20. The van der Waals surface area contributed by atoms with Gasteiger partial charge in [0.25, 0.3) is 0 Å². The molecule has 0 N–H and O–H groups in total. The van der Waals surface area contributed by atoms with Gasteiger partial charge in [0.05, 0.1) is 13.2 Å². The van der Waals surface area contributed by atoms with Crippen LogP contribution in [-0.2, 0) is 11.4 Å². The third-order valence-corrected chi connectivity index (χ3v) is 4.76. The van der Waals surface area contributed by atoms with Crippen LogP contribution in [0.25, 0.3) is 6.08 Å². The smallest absolute Gasteiger partial charge is 0.210 e. The van der Waals surface area contributed by atoms with Crippen LogP contribution in [-0.4, -0.2) is 31.0 Å². The highest BCUT2D eigenvalue weighted by atomic mass is 16.5. The van der Waals surface area contributed by atoms with Crippen molar-refractivity contribution in [3.05, 3.63) is 65.2 Å². The zero-order valence-corrected chi connectivity index (χ0v) is 15.4. The summed E-state index contributed by atoms with van der Waals surface area (Å²) >= 11 is 0. The highest BCUT2D eigenvalue weighted by molar-refractivity contribution is 5.61. The quantitative estimate of drug-likeness (QED) is 0.701. The molecule has 1 saturated heterocycles. The Balaban J connectivity index is 1.78. The minimum absolute atomic E-state index is 0.183. The summed E-state index contributed by atoms with van der Waals surface area (Å²) in [6.07, 6.45) is 7.20. The lowest BCUT2D eigenvalue weighted by molar-refractivity contribution is -0.118. The van der Waals surface area contributed by atoms with Crippen LogP contribution < -0.4 is 9.47 Å². The zero-order valence-electron chi connectivity index (χ0n) is 15.4. The second-order valence-electron chi connectivity index (χ2n) is 6.55. The number of carbonyl (C=O) groups is 1. The molecule has 1 heterocycles. The summed E-state index contributed by atoms with van der Waals surface area (Å²) in [5.74, 6) is 1.45. The van der Waals surface area contributed by atoms with Crippen molar-refractivity contribution in [3.8, 4) is 11.5 Å². The molecule has 2 aromatic carbocycles. The van der Waals surface area contributed by atoms with Crippen LogP contribution in [0.15, 0.2) is 48.5 Å². The monoisotopic (exact) mass is 351 g/mol. The van der Waals surface area contributed by atoms with E-state index in [1.165, 1.54) is 0 Å². The van der Waals surface area contributed by atoms with Crippen molar-refractivity contribution < 1.29 is 14.3 Å². The number of carbonyl (C=O) groups excluding carboxylic acids is 1. The number of likely N-dealkylation sites (tertiary alicyclic amines) is 1. The molecule has 3 rings (SSSR count). The molecule has 1 fully saturated rings. The summed E-state index contributed by atoms with van der Waals surface area (Å²) in [4.78, 5) is 13.0. The molecule has 1 atom stereocenters. The first-order chi connectivity index (χ1) is 12.7. The fourth-order valence-corrected chi connectivity index (χ4v) is 3.23. The van der Waals surface area contributed by atoms with E-state index >= 15 is 0 Å². The van der Waals surface area contributed by atoms with Crippen LogP contribution in [0.3, 0.4) is 0 Å². The third kappa shape index (κ3) is 4.26.